The molecule has 184 valence electrons. The van der Waals surface area contributed by atoms with Gasteiger partial charge in [-0.1, -0.05) is 32.5 Å². The fourth-order valence-corrected chi connectivity index (χ4v) is 5.11. The van der Waals surface area contributed by atoms with E-state index in [1.807, 2.05) is 12.1 Å². The van der Waals surface area contributed by atoms with Crippen LogP contribution in [0.3, 0.4) is 0 Å². The van der Waals surface area contributed by atoms with Gasteiger partial charge in [-0.15, -0.1) is 0 Å². The molecule has 35 heavy (non-hydrogen) atoms. The van der Waals surface area contributed by atoms with Crippen molar-refractivity contribution in [1.29, 1.82) is 0 Å². The molecule has 0 unspecified atom stereocenters. The number of aromatic nitrogens is 4. The summed E-state index contributed by atoms with van der Waals surface area (Å²) >= 11 is 1.57. The summed E-state index contributed by atoms with van der Waals surface area (Å²) in [6.07, 6.45) is 3.18. The van der Waals surface area contributed by atoms with Crippen LogP contribution in [0.15, 0.2) is 51.3 Å². The first-order valence-electron chi connectivity index (χ1n) is 11.7. The fourth-order valence-electron chi connectivity index (χ4n) is 4.05. The van der Waals surface area contributed by atoms with Crippen molar-refractivity contribution < 1.29 is 9.15 Å². The van der Waals surface area contributed by atoms with Crippen LogP contribution in [-0.4, -0.2) is 52.8 Å². The Bertz CT molecular complexity index is 1330. The normalized spacial score (nSPS) is 13.8. The average molecular weight is 494 g/mol. The summed E-state index contributed by atoms with van der Waals surface area (Å²) in [5, 5.41) is 4.35. The maximum atomic E-state index is 6.17. The summed E-state index contributed by atoms with van der Waals surface area (Å²) in [6.45, 7) is 10.5. The number of anilines is 2. The minimum Gasteiger partial charge on any atom is -0.490 e. The molecule has 0 saturated heterocycles. The van der Waals surface area contributed by atoms with E-state index >= 15 is 0 Å². The molecule has 0 saturated carbocycles. The Morgan fingerprint density at radius 2 is 2.09 bits per heavy atom. The van der Waals surface area contributed by atoms with Gasteiger partial charge in [0.05, 0.1) is 18.5 Å². The van der Waals surface area contributed by atoms with E-state index in [4.69, 9.17) is 19.9 Å². The van der Waals surface area contributed by atoms with Crippen molar-refractivity contribution in [1.82, 2.24) is 24.8 Å². The van der Waals surface area contributed by atoms with E-state index in [0.717, 1.165) is 58.1 Å². The first-order valence-corrected chi connectivity index (χ1v) is 12.5. The predicted octanol–water partition coefficient (Wildman–Crippen LogP) is 4.28. The molecule has 0 aliphatic carbocycles. The third-order valence-corrected chi connectivity index (χ3v) is 6.89. The van der Waals surface area contributed by atoms with Crippen LogP contribution in [-0.2, 0) is 6.54 Å². The van der Waals surface area contributed by atoms with E-state index in [1.54, 1.807) is 18.0 Å². The zero-order valence-electron chi connectivity index (χ0n) is 20.5. The van der Waals surface area contributed by atoms with Gasteiger partial charge >= 0.3 is 0 Å². The quantitative estimate of drug-likeness (QED) is 0.365. The number of furan rings is 1. The van der Waals surface area contributed by atoms with Crippen LogP contribution in [0.2, 0.25) is 0 Å². The third kappa shape index (κ3) is 4.94. The lowest BCUT2D eigenvalue weighted by atomic mass is 9.97. The highest BCUT2D eigenvalue weighted by Gasteiger charge is 2.23. The van der Waals surface area contributed by atoms with Gasteiger partial charge in [-0.05, 0) is 29.7 Å². The van der Waals surface area contributed by atoms with Crippen molar-refractivity contribution in [2.45, 2.75) is 37.4 Å². The number of rotatable bonds is 7. The van der Waals surface area contributed by atoms with Crippen molar-refractivity contribution in [2.75, 3.05) is 43.9 Å². The molecule has 3 aromatic heterocycles. The molecule has 0 atom stereocenters. The number of imidazole rings is 1. The van der Waals surface area contributed by atoms with Crippen LogP contribution in [0.1, 0.15) is 20.8 Å². The van der Waals surface area contributed by atoms with Gasteiger partial charge in [0, 0.05) is 37.1 Å². The topological polar surface area (TPSA) is 107 Å². The number of hydrogen-bond donors (Lipinski definition) is 2. The van der Waals surface area contributed by atoms with Crippen LogP contribution in [0.5, 0.6) is 5.75 Å². The molecule has 0 spiro atoms. The molecule has 0 amide bonds. The van der Waals surface area contributed by atoms with E-state index in [-0.39, 0.29) is 5.41 Å². The second kappa shape index (κ2) is 9.43. The summed E-state index contributed by atoms with van der Waals surface area (Å²) in [7, 11) is 2.08. The lowest BCUT2D eigenvalue weighted by molar-refractivity contribution is 0.311. The number of benzene rings is 1. The van der Waals surface area contributed by atoms with Crippen LogP contribution in [0.25, 0.3) is 22.5 Å². The highest BCUT2D eigenvalue weighted by molar-refractivity contribution is 7.99. The molecule has 4 heterocycles. The molecule has 9 nitrogen and oxygen atoms in total. The number of hydrogen-bond acceptors (Lipinski definition) is 9. The van der Waals surface area contributed by atoms with Crippen molar-refractivity contribution in [3.63, 3.8) is 0 Å². The molecule has 1 aliphatic heterocycles. The molecule has 1 aliphatic rings. The first kappa shape index (κ1) is 23.5. The molecular formula is C25H31N7O2S. The van der Waals surface area contributed by atoms with Gasteiger partial charge in [-0.2, -0.15) is 0 Å². The van der Waals surface area contributed by atoms with Crippen molar-refractivity contribution in [2.24, 2.45) is 5.41 Å². The number of likely N-dealkylation sites (N-methyl/N-ethyl adjacent to an activating group) is 1. The monoisotopic (exact) mass is 493 g/mol. The molecule has 3 N–H and O–H groups in total. The van der Waals surface area contributed by atoms with Crippen LogP contribution in [0.4, 0.5) is 11.5 Å². The maximum Gasteiger partial charge on any atom is 0.175 e. The predicted molar refractivity (Wildman–Crippen MR) is 139 cm³/mol. The number of nitrogens with zero attached hydrogens (tertiary/aromatic N) is 5. The molecule has 1 aromatic carbocycles. The molecule has 4 aromatic rings. The second-order valence-electron chi connectivity index (χ2n) is 9.88. The summed E-state index contributed by atoms with van der Waals surface area (Å²) in [5.74, 6) is 2.01. The number of fused-ring (bicyclic) bond motifs is 2. The fraction of sp³-hybridized carbons (Fsp3) is 0.400. The average Bonchev–Trinajstić information content (AvgIpc) is 3.46. The van der Waals surface area contributed by atoms with E-state index in [0.29, 0.717) is 24.5 Å². The van der Waals surface area contributed by atoms with Gasteiger partial charge in [0.2, 0.25) is 0 Å². The standard InChI is InChI=1S/C25H31N7O2S/c1-25(2,3)14-27-7-8-32-23-21(22(26)28-15-29-23)30-24(32)35-20-13-17-19(34-11-9-31(17)4)12-16(20)18-6-5-10-33-18/h5-6,10,12-13,15,27H,7-9,11,14H2,1-4H3,(H2,26,28,29). The third-order valence-electron chi connectivity index (χ3n) is 5.84. The summed E-state index contributed by atoms with van der Waals surface area (Å²) in [6, 6.07) is 8.05. The zero-order chi connectivity index (χ0) is 24.6. The van der Waals surface area contributed by atoms with Gasteiger partial charge in [0.15, 0.2) is 22.1 Å². The van der Waals surface area contributed by atoms with Crippen LogP contribution >= 0.6 is 11.8 Å². The van der Waals surface area contributed by atoms with Crippen molar-refractivity contribution in [3.05, 3.63) is 36.9 Å². The molecule has 0 fully saturated rings. The Morgan fingerprint density at radius 1 is 1.23 bits per heavy atom. The van der Waals surface area contributed by atoms with Crippen LogP contribution < -0.4 is 20.7 Å². The van der Waals surface area contributed by atoms with Gasteiger partial charge in [-0.25, -0.2) is 15.0 Å². The van der Waals surface area contributed by atoms with Gasteiger partial charge in [0.1, 0.15) is 24.4 Å². The van der Waals surface area contributed by atoms with E-state index in [1.165, 1.54) is 6.33 Å². The molecule has 10 heteroatoms. The highest BCUT2D eigenvalue weighted by Crippen LogP contribution is 2.44. The minimum absolute atomic E-state index is 0.205. The lowest BCUT2D eigenvalue weighted by Gasteiger charge is -2.28. The Kier molecular flexibility index (Phi) is 6.33. The molecule has 5 rings (SSSR count). The molecule has 0 bridgehead atoms. The largest absolute Gasteiger partial charge is 0.490 e. The number of nitrogen functional groups attached to an aromatic ring is 1. The highest BCUT2D eigenvalue weighted by atomic mass is 32.2. The van der Waals surface area contributed by atoms with Crippen molar-refractivity contribution >= 4 is 34.4 Å². The molecular weight excluding hydrogens is 462 g/mol. The van der Waals surface area contributed by atoms with E-state index < -0.39 is 0 Å². The van der Waals surface area contributed by atoms with Gasteiger partial charge < -0.3 is 29.7 Å². The Balaban J connectivity index is 1.55. The SMILES string of the molecule is CN1CCOc2cc(-c3ccco3)c(Sc3nc4c(N)ncnc4n3CCNCC(C)(C)C)cc21. The summed E-state index contributed by atoms with van der Waals surface area (Å²) < 4.78 is 13.8. The van der Waals surface area contributed by atoms with E-state index in [2.05, 4.69) is 64.7 Å². The van der Waals surface area contributed by atoms with Gasteiger partial charge in [-0.3, -0.25) is 0 Å². The number of ether oxygens (including phenoxy) is 1. The Hall–Kier alpha value is -3.24. The van der Waals surface area contributed by atoms with Crippen molar-refractivity contribution in [3.8, 4) is 17.1 Å². The Labute approximate surface area is 209 Å². The van der Waals surface area contributed by atoms with E-state index in [9.17, 15) is 0 Å². The minimum atomic E-state index is 0.205. The lowest BCUT2D eigenvalue weighted by Crippen LogP contribution is -2.29. The second-order valence-corrected chi connectivity index (χ2v) is 10.9. The smallest absolute Gasteiger partial charge is 0.175 e. The number of nitrogens with two attached hydrogens (primary N) is 1. The first-order chi connectivity index (χ1) is 16.8. The Morgan fingerprint density at radius 3 is 2.86 bits per heavy atom. The zero-order valence-corrected chi connectivity index (χ0v) is 21.4. The summed E-state index contributed by atoms with van der Waals surface area (Å²) in [5.41, 5.74) is 9.72. The number of nitrogens with one attached hydrogen (secondary N) is 1. The maximum absolute atomic E-state index is 6.17. The molecule has 0 radical (unpaired) electrons. The summed E-state index contributed by atoms with van der Waals surface area (Å²) in [4.78, 5) is 16.7. The van der Waals surface area contributed by atoms with Crippen LogP contribution in [0, 0.1) is 5.41 Å². The van der Waals surface area contributed by atoms with Gasteiger partial charge in [0.25, 0.3) is 0 Å².